The first-order valence-electron chi connectivity index (χ1n) is 14.2. The summed E-state index contributed by atoms with van der Waals surface area (Å²) in [4.78, 5) is 45.2. The van der Waals surface area contributed by atoms with Crippen LogP contribution in [0.15, 0.2) is 108 Å². The Hall–Kier alpha value is -5.74. The number of para-hydroxylation sites is 1. The zero-order valence-electron chi connectivity index (χ0n) is 25.6. The molecule has 0 bridgehead atoms. The lowest BCUT2D eigenvalue weighted by Crippen LogP contribution is -2.35. The quantitative estimate of drug-likeness (QED) is 0.209. The Morgan fingerprint density at radius 2 is 1.41 bits per heavy atom. The number of nitrogens with two attached hydrogens (primary N) is 2. The molecule has 0 aliphatic carbocycles. The monoisotopic (exact) mass is 700 g/mol. The van der Waals surface area contributed by atoms with Gasteiger partial charge in [0, 0.05) is 29.9 Å². The van der Waals surface area contributed by atoms with Crippen molar-refractivity contribution in [3.05, 3.63) is 125 Å². The summed E-state index contributed by atoms with van der Waals surface area (Å²) in [5.41, 5.74) is 14.4. The fraction of sp³-hybridized carbons (Fsp3) is 0.152. The van der Waals surface area contributed by atoms with Crippen molar-refractivity contribution >= 4 is 45.2 Å². The highest BCUT2D eigenvalue weighted by molar-refractivity contribution is 7.92. The minimum absolute atomic E-state index is 0.238. The van der Waals surface area contributed by atoms with Crippen LogP contribution in [0.5, 0.6) is 0 Å². The van der Waals surface area contributed by atoms with E-state index in [1.54, 1.807) is 91.0 Å². The molecule has 0 spiro atoms. The molecule has 4 aromatic rings. The van der Waals surface area contributed by atoms with Crippen LogP contribution in [-0.4, -0.2) is 61.6 Å². The van der Waals surface area contributed by atoms with E-state index in [4.69, 9.17) is 26.5 Å². The zero-order chi connectivity index (χ0) is 36.4. The number of anilines is 2. The van der Waals surface area contributed by atoms with Gasteiger partial charge in [-0.1, -0.05) is 54.6 Å². The number of hydrogen-bond acceptors (Lipinski definition) is 7. The SMILES string of the molecule is NC(=O)c1ccc2c(c1)N(S(=O)(=O)c1ccccc1)CC2.NCc1cccc(C(=O)N(CC(=O)O)c2ccccc2)c1.O=C(O)C(F)(F)F. The number of sulfonamides is 1. The molecule has 6 N–H and O–H groups in total. The number of alkyl halides is 3. The molecular weight excluding hydrogens is 669 g/mol. The van der Waals surface area contributed by atoms with Crippen LogP contribution in [0.3, 0.4) is 0 Å². The molecule has 5 rings (SSSR count). The number of primary amides is 1. The van der Waals surface area contributed by atoms with Gasteiger partial charge < -0.3 is 21.7 Å². The molecule has 0 saturated heterocycles. The summed E-state index contributed by atoms with van der Waals surface area (Å²) in [5, 5.41) is 16.2. The van der Waals surface area contributed by atoms with Gasteiger partial charge in [0.2, 0.25) is 5.91 Å². The summed E-state index contributed by atoms with van der Waals surface area (Å²) in [6.07, 6.45) is -4.46. The average Bonchev–Trinajstić information content (AvgIpc) is 3.52. The summed E-state index contributed by atoms with van der Waals surface area (Å²) in [7, 11) is -3.61. The number of fused-ring (bicyclic) bond motifs is 1. The maximum atomic E-state index is 12.7. The molecule has 1 aliphatic heterocycles. The summed E-state index contributed by atoms with van der Waals surface area (Å²) < 4.78 is 58.4. The van der Waals surface area contributed by atoms with Crippen LogP contribution in [0.1, 0.15) is 31.8 Å². The van der Waals surface area contributed by atoms with Gasteiger partial charge in [-0.2, -0.15) is 13.2 Å². The molecule has 0 aromatic heterocycles. The second kappa shape index (κ2) is 16.4. The summed E-state index contributed by atoms with van der Waals surface area (Å²) >= 11 is 0. The molecule has 0 fully saturated rings. The fourth-order valence-corrected chi connectivity index (χ4v) is 6.00. The number of benzene rings is 4. The van der Waals surface area contributed by atoms with Crippen LogP contribution in [-0.2, 0) is 32.6 Å². The van der Waals surface area contributed by atoms with Gasteiger partial charge in [-0.3, -0.25) is 23.6 Å². The minimum Gasteiger partial charge on any atom is -0.480 e. The Bertz CT molecular complexity index is 1910. The van der Waals surface area contributed by atoms with Gasteiger partial charge >= 0.3 is 18.1 Å². The molecular formula is C33H31F3N4O8S. The molecule has 0 saturated carbocycles. The predicted molar refractivity (Wildman–Crippen MR) is 173 cm³/mol. The number of carboxylic acids is 2. The van der Waals surface area contributed by atoms with Crippen LogP contribution in [0.4, 0.5) is 24.5 Å². The molecule has 1 aliphatic rings. The molecule has 2 amide bonds. The van der Waals surface area contributed by atoms with Gasteiger partial charge in [0.15, 0.2) is 0 Å². The third-order valence-electron chi connectivity index (χ3n) is 6.81. The van der Waals surface area contributed by atoms with Crippen LogP contribution in [0.2, 0.25) is 0 Å². The average molecular weight is 701 g/mol. The molecule has 1 heterocycles. The van der Waals surface area contributed by atoms with E-state index in [0.717, 1.165) is 11.1 Å². The Morgan fingerprint density at radius 1 is 0.816 bits per heavy atom. The summed E-state index contributed by atoms with van der Waals surface area (Å²) in [6, 6.07) is 28.8. The highest BCUT2D eigenvalue weighted by atomic mass is 32.2. The van der Waals surface area contributed by atoms with Crippen LogP contribution >= 0.6 is 0 Å². The van der Waals surface area contributed by atoms with E-state index in [-0.39, 0.29) is 10.8 Å². The van der Waals surface area contributed by atoms with Crippen molar-refractivity contribution in [2.75, 3.05) is 22.3 Å². The van der Waals surface area contributed by atoms with Gasteiger partial charge in [0.05, 0.1) is 10.6 Å². The van der Waals surface area contributed by atoms with E-state index in [2.05, 4.69) is 0 Å². The van der Waals surface area contributed by atoms with Crippen LogP contribution in [0.25, 0.3) is 0 Å². The highest BCUT2D eigenvalue weighted by Gasteiger charge is 2.38. The topological polar surface area (TPSA) is 201 Å². The molecule has 16 heteroatoms. The number of amides is 2. The standard InChI is InChI=1S/C16H16N2O3.C15H14N2O3S.C2HF3O2/c17-10-12-5-4-6-13(9-12)16(21)18(11-15(19)20)14-7-2-1-3-8-14;16-15(18)12-7-6-11-8-9-17(14(11)10-12)21(19,20)13-4-2-1-3-5-13;3-2(4,5)1(6)7/h1-9H,10-11,17H2,(H,19,20);1-7,10H,8-9H2,(H2,16,18);(H,6,7). The van der Waals surface area contributed by atoms with Crippen LogP contribution in [0, 0.1) is 0 Å². The second-order valence-electron chi connectivity index (χ2n) is 10.2. The number of carboxylic acid groups (broad SMARTS) is 2. The largest absolute Gasteiger partial charge is 0.490 e. The molecule has 12 nitrogen and oxygen atoms in total. The Labute approximate surface area is 279 Å². The smallest absolute Gasteiger partial charge is 0.480 e. The number of rotatable bonds is 8. The fourth-order valence-electron chi connectivity index (χ4n) is 4.48. The number of halogens is 3. The van der Waals surface area contributed by atoms with Gasteiger partial charge in [-0.05, 0) is 66.1 Å². The number of aliphatic carboxylic acids is 2. The van der Waals surface area contributed by atoms with E-state index in [0.29, 0.717) is 42.0 Å². The lowest BCUT2D eigenvalue weighted by molar-refractivity contribution is -0.192. The number of hydrogen-bond donors (Lipinski definition) is 4. The Morgan fingerprint density at radius 3 is 1.94 bits per heavy atom. The van der Waals surface area contributed by atoms with E-state index in [1.807, 2.05) is 12.1 Å². The molecule has 258 valence electrons. The van der Waals surface area contributed by atoms with Crippen molar-refractivity contribution in [1.82, 2.24) is 0 Å². The third-order valence-corrected chi connectivity index (χ3v) is 8.64. The van der Waals surface area contributed by atoms with E-state index < -0.39 is 40.6 Å². The number of nitrogens with zero attached hydrogens (tertiary/aromatic N) is 2. The molecule has 0 atom stereocenters. The highest BCUT2D eigenvalue weighted by Crippen LogP contribution is 2.33. The lowest BCUT2D eigenvalue weighted by Gasteiger charge is -2.21. The van der Waals surface area contributed by atoms with Crippen molar-refractivity contribution < 1.29 is 51.0 Å². The predicted octanol–water partition coefficient (Wildman–Crippen LogP) is 4.05. The molecule has 0 radical (unpaired) electrons. The lowest BCUT2D eigenvalue weighted by atomic mass is 10.1. The normalized spacial score (nSPS) is 12.0. The molecule has 4 aromatic carbocycles. The first-order chi connectivity index (χ1) is 23.1. The van der Waals surface area contributed by atoms with Crippen molar-refractivity contribution in [3.8, 4) is 0 Å². The number of carbonyl (C=O) groups is 4. The van der Waals surface area contributed by atoms with E-state index in [9.17, 15) is 36.0 Å². The van der Waals surface area contributed by atoms with Gasteiger partial charge in [-0.25, -0.2) is 13.2 Å². The van der Waals surface area contributed by atoms with Crippen LogP contribution < -0.4 is 20.7 Å². The molecule has 49 heavy (non-hydrogen) atoms. The molecule has 0 unspecified atom stereocenters. The number of carbonyl (C=O) groups excluding carboxylic acids is 2. The summed E-state index contributed by atoms with van der Waals surface area (Å²) in [6.45, 7) is 0.301. The minimum atomic E-state index is -5.08. The maximum Gasteiger partial charge on any atom is 0.490 e. The van der Waals surface area contributed by atoms with Gasteiger partial charge in [0.25, 0.3) is 15.9 Å². The third kappa shape index (κ3) is 10.1. The maximum absolute atomic E-state index is 12.7. The second-order valence-corrected chi connectivity index (χ2v) is 12.0. The van der Waals surface area contributed by atoms with Crippen molar-refractivity contribution in [3.63, 3.8) is 0 Å². The van der Waals surface area contributed by atoms with Gasteiger partial charge in [0.1, 0.15) is 6.54 Å². The summed E-state index contributed by atoms with van der Waals surface area (Å²) in [5.74, 6) is -4.75. The zero-order valence-corrected chi connectivity index (χ0v) is 26.4. The van der Waals surface area contributed by atoms with Crippen molar-refractivity contribution in [1.29, 1.82) is 0 Å². The Balaban J connectivity index is 0.000000223. The first kappa shape index (κ1) is 37.7. The van der Waals surface area contributed by atoms with Crippen molar-refractivity contribution in [2.45, 2.75) is 24.0 Å². The van der Waals surface area contributed by atoms with E-state index >= 15 is 0 Å². The Kier molecular flexibility index (Phi) is 12.6. The first-order valence-corrected chi connectivity index (χ1v) is 15.7. The van der Waals surface area contributed by atoms with Crippen molar-refractivity contribution in [2.24, 2.45) is 11.5 Å². The van der Waals surface area contributed by atoms with E-state index in [1.165, 1.54) is 9.21 Å². The van der Waals surface area contributed by atoms with Gasteiger partial charge in [-0.15, -0.1) is 0 Å².